The zero-order valence-corrected chi connectivity index (χ0v) is 22.5. The summed E-state index contributed by atoms with van der Waals surface area (Å²) >= 11 is 3.39. The van der Waals surface area contributed by atoms with E-state index in [1.54, 1.807) is 33.1 Å². The van der Waals surface area contributed by atoms with Crippen molar-refractivity contribution in [1.82, 2.24) is 9.73 Å². The molecule has 0 saturated carbocycles. The van der Waals surface area contributed by atoms with Gasteiger partial charge >= 0.3 is 0 Å². The van der Waals surface area contributed by atoms with Gasteiger partial charge in [0.05, 0.1) is 24.8 Å². The number of amides is 1. The summed E-state index contributed by atoms with van der Waals surface area (Å²) in [4.78, 5) is 13.0. The van der Waals surface area contributed by atoms with Gasteiger partial charge in [-0.25, -0.2) is 13.8 Å². The van der Waals surface area contributed by atoms with Crippen molar-refractivity contribution in [3.05, 3.63) is 93.0 Å². The van der Waals surface area contributed by atoms with Crippen molar-refractivity contribution in [3.8, 4) is 5.75 Å². The number of halogens is 1. The lowest BCUT2D eigenvalue weighted by molar-refractivity contribution is -0.121. The van der Waals surface area contributed by atoms with Gasteiger partial charge in [0, 0.05) is 16.6 Å². The molecule has 1 N–H and O–H groups in total. The van der Waals surface area contributed by atoms with Crippen molar-refractivity contribution in [2.75, 3.05) is 13.7 Å². The third-order valence-corrected chi connectivity index (χ3v) is 7.90. The molecule has 7 nitrogen and oxygen atoms in total. The lowest BCUT2D eigenvalue weighted by Gasteiger charge is -2.24. The number of carbonyl (C=O) groups excluding carboxylic acids is 1. The maximum atomic E-state index is 13.7. The molecule has 0 spiro atoms. The summed E-state index contributed by atoms with van der Waals surface area (Å²) in [5.41, 5.74) is 6.11. The number of hydrazone groups is 1. The van der Waals surface area contributed by atoms with E-state index >= 15 is 0 Å². The van der Waals surface area contributed by atoms with E-state index in [9.17, 15) is 13.2 Å². The lowest BCUT2D eigenvalue weighted by atomic mass is 10.1. The average molecular weight is 558 g/mol. The van der Waals surface area contributed by atoms with Crippen LogP contribution >= 0.6 is 15.9 Å². The van der Waals surface area contributed by atoms with Gasteiger partial charge in [-0.05, 0) is 55.7 Å². The quantitative estimate of drug-likeness (QED) is 0.304. The number of nitrogens with one attached hydrogen (secondary N) is 1. The van der Waals surface area contributed by atoms with Crippen molar-refractivity contribution < 1.29 is 17.9 Å². The summed E-state index contributed by atoms with van der Waals surface area (Å²) in [6.07, 6.45) is 1.45. The molecule has 35 heavy (non-hydrogen) atoms. The molecule has 0 atom stereocenters. The van der Waals surface area contributed by atoms with Crippen LogP contribution < -0.4 is 10.2 Å². The van der Waals surface area contributed by atoms with E-state index in [0.29, 0.717) is 22.4 Å². The third-order valence-electron chi connectivity index (χ3n) is 5.31. The first-order valence-electron chi connectivity index (χ1n) is 10.9. The minimum atomic E-state index is -3.97. The molecule has 0 unspecified atom stereocenters. The number of ether oxygens (including phenoxy) is 1. The number of carbonyl (C=O) groups is 1. The van der Waals surface area contributed by atoms with Gasteiger partial charge in [-0.15, -0.1) is 0 Å². The molecular weight excluding hydrogens is 530 g/mol. The summed E-state index contributed by atoms with van der Waals surface area (Å²) in [6.45, 7) is 5.11. The van der Waals surface area contributed by atoms with E-state index in [4.69, 9.17) is 4.74 Å². The molecule has 0 aromatic heterocycles. The van der Waals surface area contributed by atoms with Crippen molar-refractivity contribution in [2.24, 2.45) is 5.10 Å². The molecule has 0 saturated heterocycles. The van der Waals surface area contributed by atoms with Crippen LogP contribution in [-0.2, 0) is 21.4 Å². The second kappa shape index (κ2) is 11.6. The number of aryl methyl sites for hydroxylation is 3. The van der Waals surface area contributed by atoms with Crippen LogP contribution in [0.3, 0.4) is 0 Å². The van der Waals surface area contributed by atoms with Crippen molar-refractivity contribution in [3.63, 3.8) is 0 Å². The Kier molecular flexibility index (Phi) is 8.82. The fraction of sp³-hybridized carbons (Fsp3) is 0.231. The molecule has 0 aliphatic heterocycles. The molecule has 1 amide bonds. The average Bonchev–Trinajstić information content (AvgIpc) is 2.78. The Bertz CT molecular complexity index is 1320. The molecular formula is C26H28BrN3O4S. The summed E-state index contributed by atoms with van der Waals surface area (Å²) < 4.78 is 34.8. The van der Waals surface area contributed by atoms with Crippen LogP contribution in [0.5, 0.6) is 5.75 Å². The second-order valence-electron chi connectivity index (χ2n) is 8.17. The van der Waals surface area contributed by atoms with E-state index in [1.165, 1.54) is 10.5 Å². The van der Waals surface area contributed by atoms with E-state index in [2.05, 4.69) is 26.5 Å². The topological polar surface area (TPSA) is 88.1 Å². The van der Waals surface area contributed by atoms with E-state index in [1.807, 2.05) is 55.5 Å². The first kappa shape index (κ1) is 26.6. The van der Waals surface area contributed by atoms with E-state index < -0.39 is 22.5 Å². The lowest BCUT2D eigenvalue weighted by Crippen LogP contribution is -2.39. The van der Waals surface area contributed by atoms with Gasteiger partial charge in [-0.2, -0.15) is 9.41 Å². The largest absolute Gasteiger partial charge is 0.496 e. The van der Waals surface area contributed by atoms with Gasteiger partial charge in [-0.3, -0.25) is 4.79 Å². The highest BCUT2D eigenvalue weighted by Crippen LogP contribution is 2.26. The normalized spacial score (nSPS) is 11.7. The van der Waals surface area contributed by atoms with Crippen LogP contribution in [0.25, 0.3) is 0 Å². The van der Waals surface area contributed by atoms with E-state index in [0.717, 1.165) is 15.6 Å². The van der Waals surface area contributed by atoms with Crippen LogP contribution in [0.1, 0.15) is 27.8 Å². The van der Waals surface area contributed by atoms with Crippen molar-refractivity contribution in [2.45, 2.75) is 32.2 Å². The van der Waals surface area contributed by atoms with Crippen LogP contribution in [0.15, 0.2) is 75.1 Å². The standard InChI is InChI=1S/C26H28BrN3O4S/c1-18-12-19(2)26(20(3)13-18)35(32,33)30(16-21-8-6-5-7-9-21)17-25(31)29-28-15-22-14-23(27)10-11-24(22)34-4/h5-15H,16-17H2,1-4H3,(H,29,31)/b28-15-. The number of sulfonamides is 1. The Labute approximate surface area is 215 Å². The molecule has 3 aromatic rings. The fourth-order valence-corrected chi connectivity index (χ4v) is 6.07. The van der Waals surface area contributed by atoms with Gasteiger partial charge in [0.15, 0.2) is 0 Å². The molecule has 0 bridgehead atoms. The molecule has 0 aliphatic carbocycles. The number of hydrogen-bond donors (Lipinski definition) is 1. The molecule has 0 fully saturated rings. The van der Waals surface area contributed by atoms with Crippen LogP contribution in [0.2, 0.25) is 0 Å². The summed E-state index contributed by atoms with van der Waals surface area (Å²) in [5.74, 6) is 0.0296. The molecule has 3 rings (SSSR count). The monoisotopic (exact) mass is 557 g/mol. The number of rotatable bonds is 9. The van der Waals surface area contributed by atoms with Gasteiger partial charge in [-0.1, -0.05) is 64.0 Å². The molecule has 0 heterocycles. The number of hydrogen-bond acceptors (Lipinski definition) is 5. The Morgan fingerprint density at radius 2 is 1.71 bits per heavy atom. The van der Waals surface area contributed by atoms with Gasteiger partial charge in [0.1, 0.15) is 5.75 Å². The zero-order valence-electron chi connectivity index (χ0n) is 20.1. The Balaban J connectivity index is 1.87. The zero-order chi connectivity index (χ0) is 25.6. The Hall–Kier alpha value is -3.01. The first-order chi connectivity index (χ1) is 16.6. The number of nitrogens with zero attached hydrogens (tertiary/aromatic N) is 2. The van der Waals surface area contributed by atoms with E-state index in [-0.39, 0.29) is 11.4 Å². The number of benzene rings is 3. The minimum absolute atomic E-state index is 0.0481. The SMILES string of the molecule is COc1ccc(Br)cc1/C=N\NC(=O)CN(Cc1ccccc1)S(=O)(=O)c1c(C)cc(C)cc1C. The summed E-state index contributed by atoms with van der Waals surface area (Å²) in [7, 11) is -2.43. The smallest absolute Gasteiger partial charge is 0.255 e. The highest BCUT2D eigenvalue weighted by molar-refractivity contribution is 9.10. The van der Waals surface area contributed by atoms with Crippen molar-refractivity contribution in [1.29, 1.82) is 0 Å². The first-order valence-corrected chi connectivity index (χ1v) is 13.1. The van der Waals surface area contributed by atoms with Crippen LogP contribution in [-0.4, -0.2) is 38.5 Å². The molecule has 3 aromatic carbocycles. The van der Waals surface area contributed by atoms with Crippen molar-refractivity contribution >= 4 is 38.1 Å². The maximum Gasteiger partial charge on any atom is 0.255 e. The van der Waals surface area contributed by atoms with Gasteiger partial charge < -0.3 is 4.74 Å². The molecule has 184 valence electrons. The summed E-state index contributed by atoms with van der Waals surface area (Å²) in [6, 6.07) is 18.2. The minimum Gasteiger partial charge on any atom is -0.496 e. The highest BCUT2D eigenvalue weighted by atomic mass is 79.9. The molecule has 9 heteroatoms. The second-order valence-corrected chi connectivity index (χ2v) is 11.0. The molecule has 0 radical (unpaired) electrons. The van der Waals surface area contributed by atoms with Crippen LogP contribution in [0, 0.1) is 20.8 Å². The number of methoxy groups -OCH3 is 1. The van der Waals surface area contributed by atoms with Gasteiger partial charge in [0.25, 0.3) is 5.91 Å². The van der Waals surface area contributed by atoms with Gasteiger partial charge in [0.2, 0.25) is 10.0 Å². The Morgan fingerprint density at radius 3 is 2.34 bits per heavy atom. The summed E-state index contributed by atoms with van der Waals surface area (Å²) in [5, 5.41) is 4.01. The fourth-order valence-electron chi connectivity index (χ4n) is 3.89. The maximum absolute atomic E-state index is 13.7. The highest BCUT2D eigenvalue weighted by Gasteiger charge is 2.30. The predicted octanol–water partition coefficient (Wildman–Crippen LogP) is 4.72. The van der Waals surface area contributed by atoms with Crippen LogP contribution in [0.4, 0.5) is 0 Å². The molecule has 0 aliphatic rings. The Morgan fingerprint density at radius 1 is 1.06 bits per heavy atom. The third kappa shape index (κ3) is 6.78. The predicted molar refractivity (Wildman–Crippen MR) is 141 cm³/mol.